The molecule has 0 spiro atoms. The molecule has 0 fully saturated rings. The highest BCUT2D eigenvalue weighted by atomic mass is 79.9. The third kappa shape index (κ3) is 4.17. The number of aryl methyl sites for hydroxylation is 1. The lowest BCUT2D eigenvalue weighted by atomic mass is 10.1. The Morgan fingerprint density at radius 1 is 1.00 bits per heavy atom. The smallest absolute Gasteiger partial charge is 0.219 e. The second-order valence-electron chi connectivity index (χ2n) is 6.71. The van der Waals surface area contributed by atoms with Gasteiger partial charge in [-0.05, 0) is 85.1 Å². The number of nitrogens with two attached hydrogens (primary N) is 1. The first-order valence-corrected chi connectivity index (χ1v) is 9.43. The normalized spacial score (nSPS) is 12.4. The fraction of sp³-hybridized carbons (Fsp3) is 0.286. The molecule has 3 aromatic rings. The van der Waals surface area contributed by atoms with Gasteiger partial charge >= 0.3 is 0 Å². The monoisotopic (exact) mass is 414 g/mol. The number of nitrogens with zero attached hydrogens (tertiary/aromatic N) is 1. The van der Waals surface area contributed by atoms with E-state index < -0.39 is 0 Å². The molecular formula is C21H23BrN2O2. The van der Waals surface area contributed by atoms with Crippen molar-refractivity contribution in [3.05, 3.63) is 58.1 Å². The van der Waals surface area contributed by atoms with E-state index in [9.17, 15) is 0 Å². The van der Waals surface area contributed by atoms with Crippen LogP contribution in [0.2, 0.25) is 0 Å². The van der Waals surface area contributed by atoms with Crippen molar-refractivity contribution in [1.29, 1.82) is 0 Å². The van der Waals surface area contributed by atoms with Gasteiger partial charge in [0, 0.05) is 17.5 Å². The molecule has 1 unspecified atom stereocenters. The van der Waals surface area contributed by atoms with Gasteiger partial charge in [-0.3, -0.25) is 0 Å². The molecule has 0 aliphatic heterocycles. The molecule has 3 rings (SSSR count). The van der Waals surface area contributed by atoms with Gasteiger partial charge in [0.05, 0.1) is 16.1 Å². The third-order valence-corrected chi connectivity index (χ3v) is 4.64. The molecule has 0 bridgehead atoms. The summed E-state index contributed by atoms with van der Waals surface area (Å²) in [5.41, 5.74) is 8.90. The van der Waals surface area contributed by atoms with Crippen LogP contribution >= 0.6 is 15.9 Å². The summed E-state index contributed by atoms with van der Waals surface area (Å²) in [5.74, 6) is 2.10. The van der Waals surface area contributed by atoms with E-state index in [2.05, 4.69) is 27.0 Å². The fourth-order valence-electron chi connectivity index (χ4n) is 2.67. The number of halogens is 1. The fourth-order valence-corrected chi connectivity index (χ4v) is 3.08. The van der Waals surface area contributed by atoms with Crippen LogP contribution in [0.25, 0.3) is 10.9 Å². The van der Waals surface area contributed by atoms with Gasteiger partial charge in [0.1, 0.15) is 11.5 Å². The van der Waals surface area contributed by atoms with Gasteiger partial charge in [0.2, 0.25) is 5.88 Å². The lowest BCUT2D eigenvalue weighted by Gasteiger charge is -2.15. The molecule has 1 aromatic heterocycles. The maximum Gasteiger partial charge on any atom is 0.219 e. The first kappa shape index (κ1) is 18.7. The van der Waals surface area contributed by atoms with E-state index in [0.29, 0.717) is 5.88 Å². The predicted octanol–water partition coefficient (Wildman–Crippen LogP) is 5.90. The molecular weight excluding hydrogens is 392 g/mol. The Hall–Kier alpha value is -2.11. The van der Waals surface area contributed by atoms with E-state index in [0.717, 1.165) is 38.0 Å². The minimum Gasteiger partial charge on any atom is -0.490 e. The first-order valence-electron chi connectivity index (χ1n) is 8.64. The lowest BCUT2D eigenvalue weighted by Crippen LogP contribution is -2.06. The molecule has 1 atom stereocenters. The molecule has 0 aliphatic rings. The van der Waals surface area contributed by atoms with Crippen LogP contribution in [0.5, 0.6) is 17.4 Å². The van der Waals surface area contributed by atoms with Crippen molar-refractivity contribution in [1.82, 2.24) is 4.98 Å². The van der Waals surface area contributed by atoms with Crippen molar-refractivity contribution in [2.24, 2.45) is 5.73 Å². The molecule has 1 heterocycles. The predicted molar refractivity (Wildman–Crippen MR) is 109 cm³/mol. The minimum absolute atomic E-state index is 0.00176. The molecule has 26 heavy (non-hydrogen) atoms. The Morgan fingerprint density at radius 3 is 2.46 bits per heavy atom. The van der Waals surface area contributed by atoms with Crippen LogP contribution in [0.1, 0.15) is 37.9 Å². The maximum atomic E-state index is 6.01. The molecule has 0 saturated heterocycles. The zero-order chi connectivity index (χ0) is 18.8. The van der Waals surface area contributed by atoms with Crippen molar-refractivity contribution in [3.8, 4) is 17.4 Å². The number of fused-ring (bicyclic) bond motifs is 1. The molecule has 0 aliphatic carbocycles. The van der Waals surface area contributed by atoms with Crippen molar-refractivity contribution in [2.45, 2.75) is 39.8 Å². The Balaban J connectivity index is 1.89. The van der Waals surface area contributed by atoms with E-state index >= 15 is 0 Å². The Kier molecular flexibility index (Phi) is 5.49. The maximum absolute atomic E-state index is 6.01. The summed E-state index contributed by atoms with van der Waals surface area (Å²) in [6, 6.07) is 13.8. The van der Waals surface area contributed by atoms with E-state index in [-0.39, 0.29) is 12.1 Å². The van der Waals surface area contributed by atoms with Crippen LogP contribution < -0.4 is 15.2 Å². The molecule has 4 nitrogen and oxygen atoms in total. The molecule has 0 amide bonds. The standard InChI is InChI=1S/C21H23BrN2O2/c1-12(2)25-20-9-13(3)19(11-17(20)22)26-21-8-6-16-10-15(14(4)23)5-7-18(16)24-21/h5-12,14H,23H2,1-4H3. The van der Waals surface area contributed by atoms with Crippen LogP contribution in [0.3, 0.4) is 0 Å². The molecule has 5 heteroatoms. The number of pyridine rings is 1. The largest absolute Gasteiger partial charge is 0.490 e. The van der Waals surface area contributed by atoms with Crippen molar-refractivity contribution in [2.75, 3.05) is 0 Å². The Morgan fingerprint density at radius 2 is 1.77 bits per heavy atom. The summed E-state index contributed by atoms with van der Waals surface area (Å²) >= 11 is 3.55. The van der Waals surface area contributed by atoms with Gasteiger partial charge < -0.3 is 15.2 Å². The average molecular weight is 415 g/mol. The van der Waals surface area contributed by atoms with Crippen LogP contribution in [-0.4, -0.2) is 11.1 Å². The van der Waals surface area contributed by atoms with Crippen molar-refractivity contribution in [3.63, 3.8) is 0 Å². The highest BCUT2D eigenvalue weighted by Gasteiger charge is 2.11. The van der Waals surface area contributed by atoms with Gasteiger partial charge in [-0.1, -0.05) is 6.07 Å². The molecule has 136 valence electrons. The molecule has 0 saturated carbocycles. The summed E-state index contributed by atoms with van der Waals surface area (Å²) in [6.07, 6.45) is 0.112. The Bertz CT molecular complexity index is 939. The van der Waals surface area contributed by atoms with Crippen molar-refractivity contribution >= 4 is 26.8 Å². The van der Waals surface area contributed by atoms with Crippen LogP contribution in [0.4, 0.5) is 0 Å². The minimum atomic E-state index is 0.00176. The van der Waals surface area contributed by atoms with Crippen LogP contribution in [0.15, 0.2) is 46.9 Å². The summed E-state index contributed by atoms with van der Waals surface area (Å²) in [7, 11) is 0. The van der Waals surface area contributed by atoms with Gasteiger partial charge in [-0.2, -0.15) is 0 Å². The third-order valence-electron chi connectivity index (χ3n) is 4.02. The van der Waals surface area contributed by atoms with Gasteiger partial charge in [0.15, 0.2) is 0 Å². The topological polar surface area (TPSA) is 57.4 Å². The van der Waals surface area contributed by atoms with Gasteiger partial charge in [0.25, 0.3) is 0 Å². The number of hydrogen-bond donors (Lipinski definition) is 1. The number of ether oxygens (including phenoxy) is 2. The number of rotatable bonds is 5. The quantitative estimate of drug-likeness (QED) is 0.563. The number of benzene rings is 2. The zero-order valence-electron chi connectivity index (χ0n) is 15.4. The second kappa shape index (κ2) is 7.64. The van der Waals surface area contributed by atoms with Crippen molar-refractivity contribution < 1.29 is 9.47 Å². The van der Waals surface area contributed by atoms with Gasteiger partial charge in [-0.25, -0.2) is 4.98 Å². The zero-order valence-corrected chi connectivity index (χ0v) is 17.0. The summed E-state index contributed by atoms with van der Waals surface area (Å²) < 4.78 is 12.7. The Labute approximate surface area is 162 Å². The molecule has 2 aromatic carbocycles. The average Bonchev–Trinajstić information content (AvgIpc) is 2.58. The molecule has 0 radical (unpaired) electrons. The van der Waals surface area contributed by atoms with E-state index in [4.69, 9.17) is 15.2 Å². The summed E-state index contributed by atoms with van der Waals surface area (Å²) in [4.78, 5) is 4.60. The van der Waals surface area contributed by atoms with Crippen LogP contribution in [-0.2, 0) is 0 Å². The highest BCUT2D eigenvalue weighted by molar-refractivity contribution is 9.10. The van der Waals surface area contributed by atoms with Crippen LogP contribution in [0, 0.1) is 6.92 Å². The van der Waals surface area contributed by atoms with E-state index in [1.54, 1.807) is 0 Å². The second-order valence-corrected chi connectivity index (χ2v) is 7.56. The number of hydrogen-bond acceptors (Lipinski definition) is 4. The summed E-state index contributed by atoms with van der Waals surface area (Å²) in [5, 5.41) is 1.05. The molecule has 2 N–H and O–H groups in total. The van der Waals surface area contributed by atoms with E-state index in [1.807, 2.05) is 64.1 Å². The SMILES string of the molecule is Cc1cc(OC(C)C)c(Br)cc1Oc1ccc2cc(C(C)N)ccc2n1. The number of aromatic nitrogens is 1. The lowest BCUT2D eigenvalue weighted by molar-refractivity contribution is 0.240. The summed E-state index contributed by atoms with van der Waals surface area (Å²) in [6.45, 7) is 7.97. The van der Waals surface area contributed by atoms with Gasteiger partial charge in [-0.15, -0.1) is 0 Å². The first-order chi connectivity index (χ1) is 12.3. The van der Waals surface area contributed by atoms with E-state index in [1.165, 1.54) is 0 Å². The highest BCUT2D eigenvalue weighted by Crippen LogP contribution is 2.35.